The number of piperidine rings is 1. The summed E-state index contributed by atoms with van der Waals surface area (Å²) in [5.74, 6) is 0.877. The van der Waals surface area contributed by atoms with Gasteiger partial charge in [-0.25, -0.2) is 0 Å². The third-order valence-electron chi connectivity index (χ3n) is 6.87. The van der Waals surface area contributed by atoms with E-state index in [0.717, 1.165) is 77.1 Å². The average molecular weight is 454 g/mol. The van der Waals surface area contributed by atoms with Crippen LogP contribution in [0.1, 0.15) is 44.9 Å². The number of nitrogens with one attached hydrogen (secondary N) is 1. The minimum Gasteiger partial charge on any atom is -0.378 e. The quantitative estimate of drug-likeness (QED) is 0.649. The molecular weight excluding hydrogens is 421 g/mol. The van der Waals surface area contributed by atoms with Gasteiger partial charge in [0.25, 0.3) is 0 Å². The molecular formula is C23H33Cl2N3O2. The Kier molecular flexibility index (Phi) is 7.79. The molecule has 3 aliphatic rings. The summed E-state index contributed by atoms with van der Waals surface area (Å²) in [4.78, 5) is 16.5. The lowest BCUT2D eigenvalue weighted by Crippen LogP contribution is -2.49. The monoisotopic (exact) mass is 453 g/mol. The molecule has 1 amide bonds. The third-order valence-corrected chi connectivity index (χ3v) is 7.68. The maximum Gasteiger partial charge on any atom is 0.220 e. The van der Waals surface area contributed by atoms with Crippen molar-refractivity contribution in [3.63, 3.8) is 0 Å². The number of carbonyl (C=O) groups is 1. The van der Waals surface area contributed by atoms with Gasteiger partial charge in [0.15, 0.2) is 0 Å². The van der Waals surface area contributed by atoms with E-state index in [2.05, 4.69) is 21.2 Å². The Balaban J connectivity index is 1.16. The van der Waals surface area contributed by atoms with E-state index in [9.17, 15) is 4.79 Å². The highest BCUT2D eigenvalue weighted by molar-refractivity contribution is 6.43. The van der Waals surface area contributed by atoms with Crippen LogP contribution in [0.3, 0.4) is 0 Å². The van der Waals surface area contributed by atoms with Crippen LogP contribution in [0, 0.1) is 5.92 Å². The zero-order chi connectivity index (χ0) is 20.9. The van der Waals surface area contributed by atoms with Crippen LogP contribution >= 0.6 is 23.2 Å². The largest absolute Gasteiger partial charge is 0.378 e. The number of halogens is 2. The summed E-state index contributed by atoms with van der Waals surface area (Å²) in [5.41, 5.74) is 1.04. The van der Waals surface area contributed by atoms with Crippen LogP contribution < -0.4 is 10.2 Å². The van der Waals surface area contributed by atoms with E-state index in [4.69, 9.17) is 27.9 Å². The number of rotatable bonds is 6. The van der Waals surface area contributed by atoms with Crippen molar-refractivity contribution >= 4 is 34.8 Å². The number of benzene rings is 1. The fourth-order valence-electron chi connectivity index (χ4n) is 5.17. The number of nitrogens with zero attached hydrogens (tertiary/aromatic N) is 2. The molecule has 1 aliphatic carbocycles. The number of hydrogen-bond acceptors (Lipinski definition) is 4. The molecule has 2 aliphatic heterocycles. The van der Waals surface area contributed by atoms with Crippen LogP contribution in [-0.4, -0.2) is 62.3 Å². The lowest BCUT2D eigenvalue weighted by atomic mass is 9.78. The summed E-state index contributed by atoms with van der Waals surface area (Å²) in [6.45, 7) is 5.97. The van der Waals surface area contributed by atoms with Crippen LogP contribution in [0.2, 0.25) is 10.0 Å². The van der Waals surface area contributed by atoms with E-state index in [1.807, 2.05) is 12.1 Å². The first-order valence-electron chi connectivity index (χ1n) is 11.4. The molecule has 1 saturated carbocycles. The van der Waals surface area contributed by atoms with Gasteiger partial charge in [0.05, 0.1) is 21.8 Å². The highest BCUT2D eigenvalue weighted by atomic mass is 35.5. The van der Waals surface area contributed by atoms with Crippen molar-refractivity contribution in [1.29, 1.82) is 0 Å². The van der Waals surface area contributed by atoms with Gasteiger partial charge in [-0.2, -0.15) is 0 Å². The minimum atomic E-state index is 0.214. The Morgan fingerprint density at radius 1 is 1.10 bits per heavy atom. The first-order valence-corrected chi connectivity index (χ1v) is 12.2. The molecule has 2 heterocycles. The molecule has 166 valence electrons. The number of amides is 1. The van der Waals surface area contributed by atoms with Crippen LogP contribution in [-0.2, 0) is 9.53 Å². The van der Waals surface area contributed by atoms with Gasteiger partial charge in [-0.15, -0.1) is 0 Å². The van der Waals surface area contributed by atoms with E-state index in [-0.39, 0.29) is 5.91 Å². The number of hydrogen-bond donors (Lipinski definition) is 1. The molecule has 5 nitrogen and oxygen atoms in total. The average Bonchev–Trinajstić information content (AvgIpc) is 2.98. The van der Waals surface area contributed by atoms with Gasteiger partial charge in [0.2, 0.25) is 5.91 Å². The molecule has 30 heavy (non-hydrogen) atoms. The SMILES string of the molecule is O=C1CCC2CCC(OCCCN3CCCN(c4cccc(Cl)c4Cl)CC3)CC2N1. The molecule has 3 fully saturated rings. The first kappa shape index (κ1) is 22.2. The van der Waals surface area contributed by atoms with E-state index >= 15 is 0 Å². The van der Waals surface area contributed by atoms with E-state index < -0.39 is 0 Å². The molecule has 3 unspecified atom stereocenters. The smallest absolute Gasteiger partial charge is 0.220 e. The molecule has 2 saturated heterocycles. The number of ether oxygens (including phenoxy) is 1. The zero-order valence-corrected chi connectivity index (χ0v) is 19.1. The van der Waals surface area contributed by atoms with Crippen molar-refractivity contribution in [2.75, 3.05) is 44.2 Å². The van der Waals surface area contributed by atoms with Gasteiger partial charge in [0, 0.05) is 45.2 Å². The van der Waals surface area contributed by atoms with Crippen LogP contribution in [0.4, 0.5) is 5.69 Å². The second-order valence-electron chi connectivity index (χ2n) is 8.89. The van der Waals surface area contributed by atoms with Gasteiger partial charge in [-0.3, -0.25) is 4.79 Å². The summed E-state index contributed by atoms with van der Waals surface area (Å²) < 4.78 is 6.19. The zero-order valence-electron chi connectivity index (χ0n) is 17.6. The number of anilines is 1. The Bertz CT molecular complexity index is 732. The van der Waals surface area contributed by atoms with Crippen LogP contribution in [0.15, 0.2) is 18.2 Å². The lowest BCUT2D eigenvalue weighted by molar-refractivity contribution is -0.125. The molecule has 0 spiro atoms. The van der Waals surface area contributed by atoms with Gasteiger partial charge >= 0.3 is 0 Å². The molecule has 0 bridgehead atoms. The van der Waals surface area contributed by atoms with Crippen molar-refractivity contribution in [2.45, 2.75) is 57.1 Å². The summed E-state index contributed by atoms with van der Waals surface area (Å²) >= 11 is 12.6. The standard InChI is InChI=1S/C23H33Cl2N3O2/c24-19-4-1-5-21(23(19)25)28-12-2-10-27(13-14-28)11-3-15-30-18-8-6-17-7-9-22(29)26-20(17)16-18/h1,4-5,17-18,20H,2-3,6-16H2,(H,26,29). The highest BCUT2D eigenvalue weighted by Crippen LogP contribution is 2.33. The fourth-order valence-corrected chi connectivity index (χ4v) is 5.59. The summed E-state index contributed by atoms with van der Waals surface area (Å²) in [6.07, 6.45) is 7.52. The molecule has 1 aromatic rings. The summed E-state index contributed by atoms with van der Waals surface area (Å²) in [6, 6.07) is 6.20. The Morgan fingerprint density at radius 3 is 2.90 bits per heavy atom. The van der Waals surface area contributed by atoms with Crippen molar-refractivity contribution in [3.05, 3.63) is 28.2 Å². The molecule has 4 rings (SSSR count). The molecule has 0 aromatic heterocycles. The number of carbonyl (C=O) groups excluding carboxylic acids is 1. The van der Waals surface area contributed by atoms with Crippen molar-refractivity contribution in [1.82, 2.24) is 10.2 Å². The predicted octanol–water partition coefficient (Wildman–Crippen LogP) is 4.36. The second kappa shape index (κ2) is 10.5. The first-order chi connectivity index (χ1) is 14.6. The molecule has 3 atom stereocenters. The molecule has 7 heteroatoms. The Hall–Kier alpha value is -1.01. The van der Waals surface area contributed by atoms with Crippen molar-refractivity contribution in [3.8, 4) is 0 Å². The van der Waals surface area contributed by atoms with Crippen molar-refractivity contribution in [2.24, 2.45) is 5.92 Å². The second-order valence-corrected chi connectivity index (χ2v) is 9.67. The number of fused-ring (bicyclic) bond motifs is 1. The van der Waals surface area contributed by atoms with Gasteiger partial charge in [0.1, 0.15) is 0 Å². The van der Waals surface area contributed by atoms with Crippen LogP contribution in [0.25, 0.3) is 0 Å². The van der Waals surface area contributed by atoms with Crippen molar-refractivity contribution < 1.29 is 9.53 Å². The fraction of sp³-hybridized carbons (Fsp3) is 0.696. The lowest BCUT2D eigenvalue weighted by Gasteiger charge is -2.39. The van der Waals surface area contributed by atoms with E-state index in [0.29, 0.717) is 34.5 Å². The molecule has 1 aromatic carbocycles. The normalized spacial score (nSPS) is 28.0. The maximum absolute atomic E-state index is 11.7. The van der Waals surface area contributed by atoms with Gasteiger partial charge in [-0.05, 0) is 63.1 Å². The summed E-state index contributed by atoms with van der Waals surface area (Å²) in [5, 5.41) is 4.45. The van der Waals surface area contributed by atoms with Gasteiger partial charge in [-0.1, -0.05) is 29.3 Å². The summed E-state index contributed by atoms with van der Waals surface area (Å²) in [7, 11) is 0. The van der Waals surface area contributed by atoms with Gasteiger partial charge < -0.3 is 19.9 Å². The van der Waals surface area contributed by atoms with Crippen LogP contribution in [0.5, 0.6) is 0 Å². The maximum atomic E-state index is 11.7. The molecule has 1 N–H and O–H groups in total. The highest BCUT2D eigenvalue weighted by Gasteiger charge is 2.34. The molecule has 0 radical (unpaired) electrons. The van der Waals surface area contributed by atoms with E-state index in [1.165, 1.54) is 6.42 Å². The Morgan fingerprint density at radius 2 is 2.00 bits per heavy atom. The topological polar surface area (TPSA) is 44.8 Å². The van der Waals surface area contributed by atoms with E-state index in [1.54, 1.807) is 0 Å². The predicted molar refractivity (Wildman–Crippen MR) is 123 cm³/mol. The Labute approximate surface area is 190 Å². The third kappa shape index (κ3) is 5.61. The minimum absolute atomic E-state index is 0.214.